The summed E-state index contributed by atoms with van der Waals surface area (Å²) in [6, 6.07) is 0.602. The van der Waals surface area contributed by atoms with Gasteiger partial charge in [0.1, 0.15) is 11.6 Å². The molecule has 2 rings (SSSR count). The van der Waals surface area contributed by atoms with E-state index in [1.165, 1.54) is 13.8 Å². The van der Waals surface area contributed by atoms with Crippen LogP contribution < -0.4 is 0 Å². The van der Waals surface area contributed by atoms with E-state index < -0.39 is 67.0 Å². The molecule has 0 aliphatic carbocycles. The van der Waals surface area contributed by atoms with Crippen molar-refractivity contribution in [2.45, 2.75) is 36.5 Å². The minimum Gasteiger partial charge on any atom is -0.606 e. The molecule has 8 heteroatoms. The van der Waals surface area contributed by atoms with Gasteiger partial charge in [-0.1, -0.05) is 13.8 Å². The van der Waals surface area contributed by atoms with E-state index in [2.05, 4.69) is 0 Å². The monoisotopic (exact) mass is 366 g/mol. The van der Waals surface area contributed by atoms with Gasteiger partial charge in [0, 0.05) is 34.4 Å². The molecule has 0 aliphatic rings. The fourth-order valence-corrected chi connectivity index (χ4v) is 3.56. The minimum absolute atomic E-state index is 0.184. The first-order valence-electron chi connectivity index (χ1n) is 6.98. The highest BCUT2D eigenvalue weighted by Gasteiger charge is 2.35. The van der Waals surface area contributed by atoms with Gasteiger partial charge in [-0.25, -0.2) is 26.3 Å². The lowest BCUT2D eigenvalue weighted by molar-refractivity contribution is 0.468. The van der Waals surface area contributed by atoms with Gasteiger partial charge in [0.2, 0.25) is 9.79 Å². The Kier molecular flexibility index (Phi) is 5.49. The van der Waals surface area contributed by atoms with Crippen LogP contribution >= 0.6 is 0 Å². The molecule has 2 aromatic rings. The highest BCUT2D eigenvalue weighted by atomic mass is 32.2. The minimum atomic E-state index is -2.97. The van der Waals surface area contributed by atoms with Crippen LogP contribution in [0.5, 0.6) is 0 Å². The third-order valence-electron chi connectivity index (χ3n) is 3.52. The zero-order valence-corrected chi connectivity index (χ0v) is 13.5. The average molecular weight is 366 g/mol. The fourth-order valence-electron chi connectivity index (χ4n) is 2.31. The van der Waals surface area contributed by atoms with Crippen molar-refractivity contribution in [3.63, 3.8) is 0 Å². The van der Waals surface area contributed by atoms with E-state index in [4.69, 9.17) is 0 Å². The molecule has 130 valence electrons. The van der Waals surface area contributed by atoms with Gasteiger partial charge in [0.15, 0.2) is 23.3 Å². The van der Waals surface area contributed by atoms with Crippen molar-refractivity contribution >= 4 is 11.2 Å². The average Bonchev–Trinajstić information content (AvgIpc) is 2.46. The topological polar surface area (TPSA) is 23.1 Å². The molecule has 0 aromatic heterocycles. The second-order valence-corrected chi connectivity index (χ2v) is 6.25. The molecule has 0 aliphatic heterocycles. The molecule has 0 spiro atoms. The van der Waals surface area contributed by atoms with Crippen LogP contribution in [0.25, 0.3) is 0 Å². The Morgan fingerprint density at radius 3 is 1.33 bits per heavy atom. The van der Waals surface area contributed by atoms with Gasteiger partial charge >= 0.3 is 0 Å². The van der Waals surface area contributed by atoms with Crippen LogP contribution in [-0.2, 0) is 24.0 Å². The zero-order valence-electron chi connectivity index (χ0n) is 12.7. The quantitative estimate of drug-likeness (QED) is 0.562. The van der Waals surface area contributed by atoms with Gasteiger partial charge in [-0.2, -0.15) is 0 Å². The van der Waals surface area contributed by atoms with Crippen LogP contribution in [0.4, 0.5) is 26.3 Å². The maximum Gasteiger partial charge on any atom is 0.230 e. The van der Waals surface area contributed by atoms with Gasteiger partial charge in [-0.15, -0.1) is 0 Å². The van der Waals surface area contributed by atoms with Crippen LogP contribution in [0.3, 0.4) is 0 Å². The number of halogens is 6. The van der Waals surface area contributed by atoms with Crippen LogP contribution in [0.2, 0.25) is 0 Å². The van der Waals surface area contributed by atoms with Crippen molar-refractivity contribution < 1.29 is 30.9 Å². The van der Waals surface area contributed by atoms with Crippen molar-refractivity contribution in [3.05, 3.63) is 58.2 Å². The fraction of sp³-hybridized carbons (Fsp3) is 0.250. The molecule has 2 aromatic carbocycles. The highest BCUT2D eigenvalue weighted by Crippen LogP contribution is 2.34. The molecule has 0 amide bonds. The number of benzene rings is 2. The molecule has 1 nitrogen and oxygen atoms in total. The second-order valence-electron chi connectivity index (χ2n) is 4.90. The summed E-state index contributed by atoms with van der Waals surface area (Å²) in [5.74, 6) is -8.42. The van der Waals surface area contributed by atoms with Gasteiger partial charge in [-0.05, 0) is 12.8 Å². The van der Waals surface area contributed by atoms with Gasteiger partial charge in [0.05, 0.1) is 0 Å². The smallest absolute Gasteiger partial charge is 0.230 e. The number of rotatable bonds is 4. The molecule has 0 heterocycles. The molecule has 0 saturated carbocycles. The Bertz CT molecular complexity index is 728. The molecule has 0 bridgehead atoms. The number of hydrogen-bond donors (Lipinski definition) is 0. The van der Waals surface area contributed by atoms with Gasteiger partial charge < -0.3 is 4.55 Å². The normalized spacial score (nSPS) is 11.4. The summed E-state index contributed by atoms with van der Waals surface area (Å²) in [5, 5.41) is 0. The lowest BCUT2D eigenvalue weighted by atomic mass is 10.1. The molecular weight excluding hydrogens is 354 g/mol. The van der Waals surface area contributed by atoms with Gasteiger partial charge in [-0.3, -0.25) is 0 Å². The van der Waals surface area contributed by atoms with Gasteiger partial charge in [0.25, 0.3) is 0 Å². The van der Waals surface area contributed by atoms with E-state index in [0.29, 0.717) is 12.1 Å². The maximum absolute atomic E-state index is 14.3. The lowest BCUT2D eigenvalue weighted by Crippen LogP contribution is -2.16. The third kappa shape index (κ3) is 3.00. The van der Waals surface area contributed by atoms with Crippen LogP contribution in [0.1, 0.15) is 25.0 Å². The Labute approximate surface area is 137 Å². The number of hydrogen-bond acceptors (Lipinski definition) is 1. The summed E-state index contributed by atoms with van der Waals surface area (Å²) in [6.45, 7) is 2.75. The Hall–Kier alpha value is -1.67. The zero-order chi connectivity index (χ0) is 18.2. The van der Waals surface area contributed by atoms with E-state index in [9.17, 15) is 30.9 Å². The molecular formula is C16H12F6OS. The van der Waals surface area contributed by atoms with Crippen molar-refractivity contribution in [1.29, 1.82) is 0 Å². The van der Waals surface area contributed by atoms with E-state index in [1.807, 2.05) is 0 Å². The Balaban J connectivity index is 2.73. The van der Waals surface area contributed by atoms with Crippen molar-refractivity contribution in [2.24, 2.45) is 0 Å². The molecule has 0 unspecified atom stereocenters. The van der Waals surface area contributed by atoms with E-state index >= 15 is 0 Å². The lowest BCUT2D eigenvalue weighted by Gasteiger charge is -2.16. The largest absolute Gasteiger partial charge is 0.606 e. The van der Waals surface area contributed by atoms with E-state index in [0.717, 1.165) is 0 Å². The standard InChI is InChI=1S/C16H12F6OS/c1-3-7-9(17)5-11(19)15(13(7)21)24(23)16-12(20)6-10(18)8(4-2)14(16)22/h5-6H,3-4H2,1-2H3. The predicted molar refractivity (Wildman–Crippen MR) is 76.1 cm³/mol. The van der Waals surface area contributed by atoms with Crippen molar-refractivity contribution in [2.75, 3.05) is 0 Å². The summed E-state index contributed by atoms with van der Waals surface area (Å²) in [5.41, 5.74) is -1.11. The highest BCUT2D eigenvalue weighted by molar-refractivity contribution is 7.91. The first-order chi connectivity index (χ1) is 11.2. The van der Waals surface area contributed by atoms with E-state index in [1.54, 1.807) is 0 Å². The Morgan fingerprint density at radius 2 is 1.04 bits per heavy atom. The third-order valence-corrected chi connectivity index (χ3v) is 5.01. The van der Waals surface area contributed by atoms with Crippen LogP contribution in [-0.4, -0.2) is 4.55 Å². The maximum atomic E-state index is 14.3. The summed E-state index contributed by atoms with van der Waals surface area (Å²) < 4.78 is 95.7. The first kappa shape index (κ1) is 18.7. The summed E-state index contributed by atoms with van der Waals surface area (Å²) in [6.07, 6.45) is -0.368. The first-order valence-corrected chi connectivity index (χ1v) is 8.13. The SMILES string of the molecule is CCc1c(F)cc(F)c([S+]([O-])c2c(F)cc(F)c(CC)c2F)c1F. The van der Waals surface area contributed by atoms with Crippen molar-refractivity contribution in [3.8, 4) is 0 Å². The predicted octanol–water partition coefficient (Wildman–Crippen LogP) is 4.81. The molecule has 0 saturated heterocycles. The molecule has 0 fully saturated rings. The second kappa shape index (κ2) is 7.06. The van der Waals surface area contributed by atoms with Crippen molar-refractivity contribution in [1.82, 2.24) is 0 Å². The van der Waals surface area contributed by atoms with Crippen LogP contribution in [0, 0.1) is 34.9 Å². The molecule has 0 N–H and O–H groups in total. The molecule has 0 atom stereocenters. The van der Waals surface area contributed by atoms with E-state index in [-0.39, 0.29) is 12.8 Å². The molecule has 0 radical (unpaired) electrons. The summed E-state index contributed by atoms with van der Waals surface area (Å²) >= 11 is -2.97. The summed E-state index contributed by atoms with van der Waals surface area (Å²) in [4.78, 5) is -2.33. The summed E-state index contributed by atoms with van der Waals surface area (Å²) in [7, 11) is 0. The molecule has 24 heavy (non-hydrogen) atoms. The Morgan fingerprint density at radius 1 is 0.708 bits per heavy atom. The van der Waals surface area contributed by atoms with Crippen LogP contribution in [0.15, 0.2) is 21.9 Å².